The van der Waals surface area contributed by atoms with Crippen LogP contribution in [0.1, 0.15) is 30.0 Å². The first kappa shape index (κ1) is 15.1. The fourth-order valence-electron chi connectivity index (χ4n) is 3.56. The third kappa shape index (κ3) is 2.65. The second kappa shape index (κ2) is 6.24. The number of phenolic OH excluding ortho intramolecular Hbond substituents is 1. The zero-order valence-corrected chi connectivity index (χ0v) is 13.7. The Balaban J connectivity index is 1.81. The number of nitrogens with zero attached hydrogens (tertiary/aromatic N) is 1. The van der Waals surface area contributed by atoms with Crippen LogP contribution in [0.2, 0.25) is 0 Å². The van der Waals surface area contributed by atoms with Crippen molar-refractivity contribution in [1.29, 1.82) is 0 Å². The molecule has 1 saturated heterocycles. The second-order valence-corrected chi connectivity index (χ2v) is 6.19. The second-order valence-electron chi connectivity index (χ2n) is 6.19. The highest BCUT2D eigenvalue weighted by Gasteiger charge is 2.29. The van der Waals surface area contributed by atoms with Crippen molar-refractivity contribution in [3.05, 3.63) is 47.5 Å². The maximum absolute atomic E-state index is 10.6. The Bertz CT molecular complexity index is 740. The molecule has 5 heteroatoms. The fourth-order valence-corrected chi connectivity index (χ4v) is 3.56. The van der Waals surface area contributed by atoms with Gasteiger partial charge < -0.3 is 19.3 Å². The summed E-state index contributed by atoms with van der Waals surface area (Å²) in [6.45, 7) is 2.22. The highest BCUT2D eigenvalue weighted by molar-refractivity contribution is 5.54. The third-order valence-corrected chi connectivity index (χ3v) is 4.73. The maximum Gasteiger partial charge on any atom is 0.231 e. The van der Waals surface area contributed by atoms with E-state index >= 15 is 0 Å². The van der Waals surface area contributed by atoms with E-state index in [-0.39, 0.29) is 18.6 Å². The minimum Gasteiger partial charge on any atom is -0.507 e. The lowest BCUT2D eigenvalue weighted by Crippen LogP contribution is -2.26. The molecule has 1 fully saturated rings. The largest absolute Gasteiger partial charge is 0.507 e. The van der Waals surface area contributed by atoms with Crippen molar-refractivity contribution in [2.24, 2.45) is 0 Å². The molecule has 0 amide bonds. The van der Waals surface area contributed by atoms with E-state index in [1.165, 1.54) is 12.8 Å². The van der Waals surface area contributed by atoms with E-state index in [1.54, 1.807) is 13.2 Å². The van der Waals surface area contributed by atoms with Crippen molar-refractivity contribution in [3.8, 4) is 23.0 Å². The zero-order chi connectivity index (χ0) is 16.5. The number of aromatic hydroxyl groups is 1. The van der Waals surface area contributed by atoms with Crippen LogP contribution >= 0.6 is 0 Å². The number of fused-ring (bicyclic) bond motifs is 1. The van der Waals surface area contributed by atoms with E-state index in [1.807, 2.05) is 24.3 Å². The van der Waals surface area contributed by atoms with Crippen molar-refractivity contribution in [3.63, 3.8) is 0 Å². The highest BCUT2D eigenvalue weighted by Crippen LogP contribution is 2.44. The molecule has 0 aromatic heterocycles. The Labute approximate surface area is 141 Å². The van der Waals surface area contributed by atoms with Gasteiger partial charge in [0.1, 0.15) is 11.5 Å². The van der Waals surface area contributed by atoms with Gasteiger partial charge in [0.05, 0.1) is 13.2 Å². The standard InChI is InChI=1S/C19H21NO4/c1-22-14-6-4-5-13(9-14)19(20-7-2-3-8-20)15-10-17-18(11-16(15)21)24-12-23-17/h4-6,9-11,19,21H,2-3,7-8,12H2,1H3. The van der Waals surface area contributed by atoms with Gasteiger partial charge in [-0.05, 0) is 49.7 Å². The van der Waals surface area contributed by atoms with Crippen molar-refractivity contribution in [2.75, 3.05) is 27.0 Å². The van der Waals surface area contributed by atoms with Gasteiger partial charge in [0.15, 0.2) is 11.5 Å². The molecule has 0 spiro atoms. The summed E-state index contributed by atoms with van der Waals surface area (Å²) in [5.74, 6) is 2.34. The van der Waals surface area contributed by atoms with E-state index in [0.717, 1.165) is 30.0 Å². The number of likely N-dealkylation sites (tertiary alicyclic amines) is 1. The average molecular weight is 327 g/mol. The predicted molar refractivity (Wildman–Crippen MR) is 89.9 cm³/mol. The Morgan fingerprint density at radius 3 is 2.58 bits per heavy atom. The SMILES string of the molecule is COc1cccc(C(c2cc3c(cc2O)OCO3)N2CCCC2)c1. The molecule has 2 heterocycles. The molecule has 4 rings (SSSR count). The number of benzene rings is 2. The van der Waals surface area contributed by atoms with Crippen molar-refractivity contribution in [2.45, 2.75) is 18.9 Å². The topological polar surface area (TPSA) is 51.2 Å². The van der Waals surface area contributed by atoms with Crippen LogP contribution in [0, 0.1) is 0 Å². The predicted octanol–water partition coefficient (Wildman–Crippen LogP) is 3.31. The molecule has 24 heavy (non-hydrogen) atoms. The van der Waals surface area contributed by atoms with Crippen molar-refractivity contribution in [1.82, 2.24) is 4.90 Å². The summed E-state index contributed by atoms with van der Waals surface area (Å²) in [4.78, 5) is 2.39. The first-order chi connectivity index (χ1) is 11.8. The molecule has 1 N–H and O–H groups in total. The first-order valence-corrected chi connectivity index (χ1v) is 8.27. The molecule has 0 aliphatic carbocycles. The lowest BCUT2D eigenvalue weighted by Gasteiger charge is -2.29. The van der Waals surface area contributed by atoms with Gasteiger partial charge in [0.2, 0.25) is 6.79 Å². The Kier molecular flexibility index (Phi) is 3.94. The van der Waals surface area contributed by atoms with Crippen LogP contribution in [-0.2, 0) is 0 Å². The van der Waals surface area contributed by atoms with Gasteiger partial charge in [-0.2, -0.15) is 0 Å². The molecule has 5 nitrogen and oxygen atoms in total. The summed E-state index contributed by atoms with van der Waals surface area (Å²) < 4.78 is 16.3. The van der Waals surface area contributed by atoms with Gasteiger partial charge in [-0.1, -0.05) is 12.1 Å². The highest BCUT2D eigenvalue weighted by atomic mass is 16.7. The number of phenols is 1. The smallest absolute Gasteiger partial charge is 0.231 e. The number of methoxy groups -OCH3 is 1. The summed E-state index contributed by atoms with van der Waals surface area (Å²) in [7, 11) is 1.67. The van der Waals surface area contributed by atoms with E-state index in [9.17, 15) is 5.11 Å². The van der Waals surface area contributed by atoms with Crippen LogP contribution in [0.15, 0.2) is 36.4 Å². The summed E-state index contributed by atoms with van der Waals surface area (Å²) in [5.41, 5.74) is 1.94. The van der Waals surface area contributed by atoms with E-state index < -0.39 is 0 Å². The van der Waals surface area contributed by atoms with Crippen molar-refractivity contribution < 1.29 is 19.3 Å². The minimum absolute atomic E-state index is 0.0305. The van der Waals surface area contributed by atoms with Crippen LogP contribution < -0.4 is 14.2 Å². The Morgan fingerprint density at radius 2 is 1.83 bits per heavy atom. The quantitative estimate of drug-likeness (QED) is 0.933. The molecule has 2 aliphatic heterocycles. The van der Waals surface area contributed by atoms with Crippen LogP contribution in [0.4, 0.5) is 0 Å². The number of rotatable bonds is 4. The van der Waals surface area contributed by atoms with Crippen LogP contribution in [0.5, 0.6) is 23.0 Å². The van der Waals surface area contributed by atoms with Crippen molar-refractivity contribution >= 4 is 0 Å². The monoisotopic (exact) mass is 327 g/mol. The van der Waals surface area contributed by atoms with E-state index in [4.69, 9.17) is 14.2 Å². The average Bonchev–Trinajstić information content (AvgIpc) is 3.27. The molecular formula is C19H21NO4. The van der Waals surface area contributed by atoms with Gasteiger partial charge in [0, 0.05) is 11.6 Å². The first-order valence-electron chi connectivity index (χ1n) is 8.27. The Hall–Kier alpha value is -2.40. The van der Waals surface area contributed by atoms with E-state index in [2.05, 4.69) is 11.0 Å². The Morgan fingerprint density at radius 1 is 1.08 bits per heavy atom. The molecule has 1 unspecified atom stereocenters. The number of ether oxygens (including phenoxy) is 3. The molecule has 2 aromatic rings. The molecule has 2 aromatic carbocycles. The van der Waals surface area contributed by atoms with Crippen LogP contribution in [-0.4, -0.2) is 37.0 Å². The minimum atomic E-state index is -0.0305. The van der Waals surface area contributed by atoms with Gasteiger partial charge in [-0.15, -0.1) is 0 Å². The molecule has 0 bridgehead atoms. The normalized spacial score (nSPS) is 17.9. The maximum atomic E-state index is 10.6. The summed E-state index contributed by atoms with van der Waals surface area (Å²) in [6, 6.07) is 11.6. The number of hydrogen-bond donors (Lipinski definition) is 1. The summed E-state index contributed by atoms with van der Waals surface area (Å²) in [6.07, 6.45) is 2.34. The molecule has 126 valence electrons. The van der Waals surface area contributed by atoms with Gasteiger partial charge >= 0.3 is 0 Å². The van der Waals surface area contributed by atoms with Gasteiger partial charge in [-0.3, -0.25) is 4.90 Å². The lowest BCUT2D eigenvalue weighted by atomic mass is 9.95. The van der Waals surface area contributed by atoms with Gasteiger partial charge in [0.25, 0.3) is 0 Å². The van der Waals surface area contributed by atoms with Crippen LogP contribution in [0.25, 0.3) is 0 Å². The van der Waals surface area contributed by atoms with Crippen LogP contribution in [0.3, 0.4) is 0 Å². The molecule has 2 aliphatic rings. The number of hydrogen-bond acceptors (Lipinski definition) is 5. The molecule has 0 radical (unpaired) electrons. The summed E-state index contributed by atoms with van der Waals surface area (Å²) >= 11 is 0. The van der Waals surface area contributed by atoms with Gasteiger partial charge in [-0.25, -0.2) is 0 Å². The summed E-state index contributed by atoms with van der Waals surface area (Å²) in [5, 5.41) is 10.6. The fraction of sp³-hybridized carbons (Fsp3) is 0.368. The third-order valence-electron chi connectivity index (χ3n) is 4.73. The molecular weight excluding hydrogens is 306 g/mol. The molecule has 0 saturated carbocycles. The lowest BCUT2D eigenvalue weighted by molar-refractivity contribution is 0.173. The van der Waals surface area contributed by atoms with E-state index in [0.29, 0.717) is 11.5 Å². The zero-order valence-electron chi connectivity index (χ0n) is 13.7. The molecule has 1 atom stereocenters.